The largest absolute Gasteiger partial charge is 0.510 e. The van der Waals surface area contributed by atoms with Crippen LogP contribution >= 0.6 is 0 Å². The SMILES string of the molecule is COC(=O)c1cc(OS(=O)(=O)F)c(C)c([B-](F)(F)F)c1. The Morgan fingerprint density at radius 2 is 1.80 bits per heavy atom. The molecular formula is C9H8BF4O5S-. The number of esters is 1. The van der Waals surface area contributed by atoms with Crippen molar-refractivity contribution in [3.8, 4) is 5.75 Å². The highest BCUT2D eigenvalue weighted by Gasteiger charge is 2.31. The molecule has 0 spiro atoms. The molecule has 0 heterocycles. The van der Waals surface area contributed by atoms with Crippen molar-refractivity contribution in [1.29, 1.82) is 0 Å². The molecule has 0 saturated heterocycles. The van der Waals surface area contributed by atoms with Crippen LogP contribution < -0.4 is 9.65 Å². The van der Waals surface area contributed by atoms with E-state index in [-0.39, 0.29) is 0 Å². The third kappa shape index (κ3) is 3.86. The maximum absolute atomic E-state index is 12.8. The zero-order valence-electron chi connectivity index (χ0n) is 10.2. The first-order valence-electron chi connectivity index (χ1n) is 5.02. The predicted molar refractivity (Wildman–Crippen MR) is 61.9 cm³/mol. The molecule has 0 aliphatic rings. The summed E-state index contributed by atoms with van der Waals surface area (Å²) in [6.45, 7) is -4.66. The Balaban J connectivity index is 3.54. The summed E-state index contributed by atoms with van der Waals surface area (Å²) in [5, 5.41) is 0. The van der Waals surface area contributed by atoms with E-state index in [0.717, 1.165) is 14.0 Å². The van der Waals surface area contributed by atoms with E-state index < -0.39 is 45.8 Å². The lowest BCUT2D eigenvalue weighted by Crippen LogP contribution is -2.37. The average Bonchev–Trinajstić information content (AvgIpc) is 2.27. The normalized spacial score (nSPS) is 12.1. The van der Waals surface area contributed by atoms with E-state index in [1.165, 1.54) is 0 Å². The number of carbonyl (C=O) groups excluding carboxylic acids is 1. The van der Waals surface area contributed by atoms with Crippen molar-refractivity contribution in [2.75, 3.05) is 7.11 Å². The van der Waals surface area contributed by atoms with Crippen molar-refractivity contribution in [3.63, 3.8) is 0 Å². The van der Waals surface area contributed by atoms with Crippen LogP contribution in [0.3, 0.4) is 0 Å². The zero-order chi connectivity index (χ0) is 15.7. The Morgan fingerprint density at radius 1 is 1.25 bits per heavy atom. The van der Waals surface area contributed by atoms with Crippen molar-refractivity contribution in [2.45, 2.75) is 6.92 Å². The van der Waals surface area contributed by atoms with Crippen LogP contribution in [0.5, 0.6) is 5.75 Å². The van der Waals surface area contributed by atoms with E-state index in [9.17, 15) is 30.0 Å². The van der Waals surface area contributed by atoms with Crippen LogP contribution in [0.4, 0.5) is 16.8 Å². The molecule has 0 atom stereocenters. The highest BCUT2D eigenvalue weighted by Crippen LogP contribution is 2.24. The van der Waals surface area contributed by atoms with Gasteiger partial charge < -0.3 is 21.9 Å². The number of rotatable bonds is 4. The van der Waals surface area contributed by atoms with E-state index in [4.69, 9.17) is 0 Å². The van der Waals surface area contributed by atoms with Crippen LogP contribution in [0.1, 0.15) is 15.9 Å². The first-order valence-corrected chi connectivity index (χ1v) is 6.33. The smallest absolute Gasteiger partial charge is 0.465 e. The first kappa shape index (κ1) is 16.3. The molecule has 0 aliphatic heterocycles. The molecule has 11 heteroatoms. The summed E-state index contributed by atoms with van der Waals surface area (Å²) in [4.78, 5) is 11.2. The quantitative estimate of drug-likeness (QED) is 0.364. The Morgan fingerprint density at radius 3 is 2.20 bits per heavy atom. The molecule has 0 aromatic heterocycles. The summed E-state index contributed by atoms with van der Waals surface area (Å²) < 4.78 is 79.7. The lowest BCUT2D eigenvalue weighted by Gasteiger charge is -2.20. The molecule has 0 amide bonds. The van der Waals surface area contributed by atoms with Crippen molar-refractivity contribution in [1.82, 2.24) is 0 Å². The van der Waals surface area contributed by atoms with Crippen LogP contribution in [0, 0.1) is 6.92 Å². The van der Waals surface area contributed by atoms with Gasteiger partial charge in [-0.15, -0.1) is 5.46 Å². The molecule has 0 aliphatic carbocycles. The van der Waals surface area contributed by atoms with Gasteiger partial charge in [-0.25, -0.2) is 4.79 Å². The molecule has 0 bridgehead atoms. The number of methoxy groups -OCH3 is 1. The van der Waals surface area contributed by atoms with E-state index in [1.54, 1.807) is 0 Å². The fraction of sp³-hybridized carbons (Fsp3) is 0.222. The minimum Gasteiger partial charge on any atom is -0.465 e. The zero-order valence-corrected chi connectivity index (χ0v) is 11.0. The molecule has 0 saturated carbocycles. The average molecular weight is 315 g/mol. The van der Waals surface area contributed by atoms with E-state index in [0.29, 0.717) is 12.1 Å². The minimum absolute atomic E-state index is 0.485. The Bertz CT molecular complexity index is 640. The first-order chi connectivity index (χ1) is 8.95. The molecule has 0 N–H and O–H groups in total. The second-order valence-corrected chi connectivity index (χ2v) is 4.68. The molecule has 0 unspecified atom stereocenters. The lowest BCUT2D eigenvalue weighted by molar-refractivity contribution is 0.0600. The molecule has 1 aromatic carbocycles. The number of ether oxygens (including phenoxy) is 1. The Labute approximate surface area is 112 Å². The molecule has 20 heavy (non-hydrogen) atoms. The lowest BCUT2D eigenvalue weighted by atomic mass is 9.76. The van der Waals surface area contributed by atoms with Gasteiger partial charge in [-0.1, -0.05) is 9.95 Å². The predicted octanol–water partition coefficient (Wildman–Crippen LogP) is 1.43. The molecule has 0 radical (unpaired) electrons. The number of carbonyl (C=O) groups is 1. The van der Waals surface area contributed by atoms with Crippen molar-refractivity contribution >= 4 is 28.9 Å². The van der Waals surface area contributed by atoms with E-state index in [2.05, 4.69) is 8.92 Å². The third-order valence-corrected chi connectivity index (χ3v) is 2.74. The summed E-state index contributed by atoms with van der Waals surface area (Å²) in [7, 11) is -4.60. The molecule has 0 fully saturated rings. The summed E-state index contributed by atoms with van der Waals surface area (Å²) in [5.74, 6) is -2.07. The van der Waals surface area contributed by atoms with Crippen LogP contribution in [-0.4, -0.2) is 28.5 Å². The Hall–Kier alpha value is -1.78. The number of hydrogen-bond acceptors (Lipinski definition) is 5. The van der Waals surface area contributed by atoms with E-state index in [1.807, 2.05) is 0 Å². The molecular weight excluding hydrogens is 307 g/mol. The van der Waals surface area contributed by atoms with Crippen molar-refractivity contribution in [2.24, 2.45) is 0 Å². The van der Waals surface area contributed by atoms with Gasteiger partial charge in [-0.2, -0.15) is 8.42 Å². The summed E-state index contributed by atoms with van der Waals surface area (Å²) >= 11 is 0. The van der Waals surface area contributed by atoms with Gasteiger partial charge >= 0.3 is 23.5 Å². The summed E-state index contributed by atoms with van der Waals surface area (Å²) in [5.41, 5.74) is -2.52. The minimum atomic E-state index is -5.56. The molecule has 112 valence electrons. The number of halogens is 4. The van der Waals surface area contributed by atoms with Crippen LogP contribution in [-0.2, 0) is 15.2 Å². The second-order valence-electron chi connectivity index (χ2n) is 3.73. The van der Waals surface area contributed by atoms with Gasteiger partial charge in [0, 0.05) is 0 Å². The van der Waals surface area contributed by atoms with Crippen LogP contribution in [0.2, 0.25) is 0 Å². The maximum atomic E-state index is 12.8. The van der Waals surface area contributed by atoms with Gasteiger partial charge in [0.2, 0.25) is 0 Å². The van der Waals surface area contributed by atoms with Crippen molar-refractivity contribution in [3.05, 3.63) is 23.3 Å². The van der Waals surface area contributed by atoms with Crippen LogP contribution in [0.25, 0.3) is 0 Å². The highest BCUT2D eigenvalue weighted by atomic mass is 32.3. The molecule has 1 aromatic rings. The van der Waals surface area contributed by atoms with Gasteiger partial charge in [0.25, 0.3) is 0 Å². The summed E-state index contributed by atoms with van der Waals surface area (Å²) in [6, 6.07) is 1.14. The third-order valence-electron chi connectivity index (χ3n) is 2.36. The topological polar surface area (TPSA) is 69.7 Å². The van der Waals surface area contributed by atoms with E-state index >= 15 is 0 Å². The number of benzene rings is 1. The summed E-state index contributed by atoms with van der Waals surface area (Å²) in [6.07, 6.45) is 0. The van der Waals surface area contributed by atoms with Crippen molar-refractivity contribution < 1.29 is 39.0 Å². The fourth-order valence-electron chi connectivity index (χ4n) is 1.48. The van der Waals surface area contributed by atoms with Crippen LogP contribution in [0.15, 0.2) is 12.1 Å². The van der Waals surface area contributed by atoms with Gasteiger partial charge in [0.15, 0.2) is 0 Å². The second kappa shape index (κ2) is 5.31. The molecule has 1 rings (SSSR count). The highest BCUT2D eigenvalue weighted by molar-refractivity contribution is 7.81. The molecule has 5 nitrogen and oxygen atoms in total. The van der Waals surface area contributed by atoms with Gasteiger partial charge in [-0.3, -0.25) is 0 Å². The fourth-order valence-corrected chi connectivity index (χ4v) is 1.87. The number of hydrogen-bond donors (Lipinski definition) is 0. The van der Waals surface area contributed by atoms with Gasteiger partial charge in [0.05, 0.1) is 12.7 Å². The van der Waals surface area contributed by atoms with Gasteiger partial charge in [-0.05, 0) is 18.6 Å². The standard InChI is InChI=1S/C9H8BF4O5S/c1-5-7(10(11,12)13)3-6(9(15)18-2)4-8(5)19-20(14,16)17/h3-4H,1-2H3/q-1. The maximum Gasteiger partial charge on any atom is 0.510 e. The monoisotopic (exact) mass is 315 g/mol. The Kier molecular flexibility index (Phi) is 4.32. The van der Waals surface area contributed by atoms with Gasteiger partial charge in [0.1, 0.15) is 5.75 Å².